The number of aromatic nitrogens is 2. The van der Waals surface area contributed by atoms with Gasteiger partial charge in [-0.1, -0.05) is 4.49 Å². The van der Waals surface area contributed by atoms with E-state index in [4.69, 9.17) is 4.74 Å². The van der Waals surface area contributed by atoms with Crippen LogP contribution in [0.3, 0.4) is 0 Å². The standard InChI is InChI=1S/C14H21N3O3S2/c1-22(18,19)14-13(15-16-21-14)11-5-4-7-17(9-11)10-12-6-2-3-8-20-12/h3,8,11-12H,2,4-7,9-10H2,1H3/t11-,12+/m1/s1. The topological polar surface area (TPSA) is 72.4 Å². The van der Waals surface area contributed by atoms with Crippen molar-refractivity contribution >= 4 is 21.4 Å². The molecule has 1 saturated heterocycles. The summed E-state index contributed by atoms with van der Waals surface area (Å²) in [7, 11) is -3.24. The third kappa shape index (κ3) is 3.67. The Hall–Kier alpha value is -0.990. The molecular weight excluding hydrogens is 322 g/mol. The van der Waals surface area contributed by atoms with Crippen molar-refractivity contribution in [3.05, 3.63) is 18.0 Å². The number of sulfone groups is 1. The molecule has 0 radical (unpaired) electrons. The maximum atomic E-state index is 11.8. The second-order valence-electron chi connectivity index (χ2n) is 6.02. The Labute approximate surface area is 135 Å². The first-order valence-electron chi connectivity index (χ1n) is 7.59. The van der Waals surface area contributed by atoms with E-state index in [0.717, 1.165) is 56.9 Å². The summed E-state index contributed by atoms with van der Waals surface area (Å²) in [5.41, 5.74) is 0.654. The van der Waals surface area contributed by atoms with Crippen LogP contribution >= 0.6 is 11.5 Å². The van der Waals surface area contributed by atoms with Gasteiger partial charge in [-0.25, -0.2) is 8.42 Å². The minimum atomic E-state index is -3.24. The average Bonchev–Trinajstić information content (AvgIpc) is 2.98. The third-order valence-corrected chi connectivity index (χ3v) is 6.75. The maximum Gasteiger partial charge on any atom is 0.188 e. The molecule has 0 saturated carbocycles. The van der Waals surface area contributed by atoms with Crippen LogP contribution < -0.4 is 0 Å². The number of nitrogens with zero attached hydrogens (tertiary/aromatic N) is 3. The lowest BCUT2D eigenvalue weighted by Gasteiger charge is -2.34. The van der Waals surface area contributed by atoms with Gasteiger partial charge in [-0.2, -0.15) is 0 Å². The molecular formula is C14H21N3O3S2. The van der Waals surface area contributed by atoms with Crippen molar-refractivity contribution in [2.75, 3.05) is 25.9 Å². The summed E-state index contributed by atoms with van der Waals surface area (Å²) < 4.78 is 33.5. The average molecular weight is 343 g/mol. The van der Waals surface area contributed by atoms with E-state index in [2.05, 4.69) is 20.6 Å². The van der Waals surface area contributed by atoms with Crippen molar-refractivity contribution in [2.45, 2.75) is 41.9 Å². The fourth-order valence-corrected chi connectivity index (χ4v) is 4.88. The Balaban J connectivity index is 1.68. The van der Waals surface area contributed by atoms with Crippen LogP contribution in [0, 0.1) is 0 Å². The van der Waals surface area contributed by atoms with Crippen molar-refractivity contribution in [1.82, 2.24) is 14.5 Å². The molecule has 2 atom stereocenters. The molecule has 22 heavy (non-hydrogen) atoms. The minimum Gasteiger partial charge on any atom is -0.497 e. The van der Waals surface area contributed by atoms with Crippen LogP contribution in [0.5, 0.6) is 0 Å². The van der Waals surface area contributed by atoms with E-state index in [1.807, 2.05) is 0 Å². The lowest BCUT2D eigenvalue weighted by Crippen LogP contribution is -2.40. The SMILES string of the molecule is CS(=O)(=O)c1snnc1[C@@H]1CCCN(C[C@@H]2CCC=CO2)C1. The van der Waals surface area contributed by atoms with Crippen molar-refractivity contribution < 1.29 is 13.2 Å². The van der Waals surface area contributed by atoms with Crippen LogP contribution in [0.1, 0.15) is 37.3 Å². The summed E-state index contributed by atoms with van der Waals surface area (Å²) in [6.07, 6.45) is 9.45. The highest BCUT2D eigenvalue weighted by molar-refractivity contribution is 7.92. The Morgan fingerprint density at radius 2 is 2.32 bits per heavy atom. The van der Waals surface area contributed by atoms with Crippen molar-refractivity contribution in [3.63, 3.8) is 0 Å². The zero-order valence-corrected chi connectivity index (χ0v) is 14.3. The molecule has 6 nitrogen and oxygen atoms in total. The predicted molar refractivity (Wildman–Crippen MR) is 84.7 cm³/mol. The normalized spacial score (nSPS) is 26.8. The van der Waals surface area contributed by atoms with Gasteiger partial charge >= 0.3 is 0 Å². The summed E-state index contributed by atoms with van der Waals surface area (Å²) in [4.78, 5) is 2.36. The Morgan fingerprint density at radius 3 is 3.05 bits per heavy atom. The molecule has 122 valence electrons. The lowest BCUT2D eigenvalue weighted by molar-refractivity contribution is 0.0669. The van der Waals surface area contributed by atoms with E-state index in [1.165, 1.54) is 6.26 Å². The smallest absolute Gasteiger partial charge is 0.188 e. The number of likely N-dealkylation sites (tertiary alicyclic amines) is 1. The summed E-state index contributed by atoms with van der Waals surface area (Å²) >= 11 is 0.986. The zero-order chi connectivity index (χ0) is 15.6. The van der Waals surface area contributed by atoms with Gasteiger partial charge in [-0.3, -0.25) is 4.90 Å². The number of rotatable bonds is 4. The molecule has 2 aliphatic heterocycles. The molecule has 0 bridgehead atoms. The van der Waals surface area contributed by atoms with Crippen LogP contribution in [0.4, 0.5) is 0 Å². The largest absolute Gasteiger partial charge is 0.497 e. The maximum absolute atomic E-state index is 11.8. The highest BCUT2D eigenvalue weighted by Crippen LogP contribution is 2.32. The number of hydrogen-bond acceptors (Lipinski definition) is 7. The number of ether oxygens (including phenoxy) is 1. The summed E-state index contributed by atoms with van der Waals surface area (Å²) in [5, 5.41) is 4.11. The zero-order valence-electron chi connectivity index (χ0n) is 12.6. The van der Waals surface area contributed by atoms with E-state index in [9.17, 15) is 8.42 Å². The molecule has 8 heteroatoms. The molecule has 1 fully saturated rings. The second kappa shape index (κ2) is 6.64. The molecule has 2 aliphatic rings. The Kier molecular flexibility index (Phi) is 4.79. The molecule has 3 heterocycles. The van der Waals surface area contributed by atoms with Crippen LogP contribution in [-0.2, 0) is 14.6 Å². The van der Waals surface area contributed by atoms with Gasteiger partial charge in [0.05, 0.1) is 12.0 Å². The van der Waals surface area contributed by atoms with Crippen LogP contribution in [0.25, 0.3) is 0 Å². The molecule has 3 rings (SSSR count). The molecule has 1 aromatic heterocycles. The quantitative estimate of drug-likeness (QED) is 0.830. The van der Waals surface area contributed by atoms with Gasteiger partial charge < -0.3 is 4.74 Å². The van der Waals surface area contributed by atoms with Gasteiger partial charge in [-0.15, -0.1) is 5.10 Å². The van der Waals surface area contributed by atoms with Gasteiger partial charge in [0.1, 0.15) is 6.10 Å². The van der Waals surface area contributed by atoms with Crippen LogP contribution in [-0.4, -0.2) is 54.9 Å². The summed E-state index contributed by atoms with van der Waals surface area (Å²) in [5.74, 6) is 0.149. The van der Waals surface area contributed by atoms with Gasteiger partial charge in [0, 0.05) is 36.8 Å². The fraction of sp³-hybridized carbons (Fsp3) is 0.714. The van der Waals surface area contributed by atoms with E-state index < -0.39 is 9.84 Å². The first kappa shape index (κ1) is 15.9. The first-order valence-corrected chi connectivity index (χ1v) is 10.3. The van der Waals surface area contributed by atoms with Crippen molar-refractivity contribution in [2.24, 2.45) is 0 Å². The Bertz CT molecular complexity index is 642. The number of hydrogen-bond donors (Lipinski definition) is 0. The van der Waals surface area contributed by atoms with E-state index in [0.29, 0.717) is 9.90 Å². The molecule has 1 aromatic rings. The van der Waals surface area contributed by atoms with Crippen molar-refractivity contribution in [3.8, 4) is 0 Å². The monoisotopic (exact) mass is 343 g/mol. The molecule has 0 N–H and O–H groups in total. The van der Waals surface area contributed by atoms with Crippen molar-refractivity contribution in [1.29, 1.82) is 0 Å². The highest BCUT2D eigenvalue weighted by atomic mass is 32.2. The van der Waals surface area contributed by atoms with Gasteiger partial charge in [0.25, 0.3) is 0 Å². The highest BCUT2D eigenvalue weighted by Gasteiger charge is 2.30. The molecule has 0 aromatic carbocycles. The second-order valence-corrected chi connectivity index (χ2v) is 8.99. The first-order chi connectivity index (χ1) is 10.5. The van der Waals surface area contributed by atoms with Crippen LogP contribution in [0.15, 0.2) is 16.5 Å². The van der Waals surface area contributed by atoms with Crippen LogP contribution in [0.2, 0.25) is 0 Å². The van der Waals surface area contributed by atoms with E-state index in [1.54, 1.807) is 6.26 Å². The van der Waals surface area contributed by atoms with Gasteiger partial charge in [-0.05, 0) is 38.3 Å². The third-order valence-electron chi connectivity index (χ3n) is 4.19. The van der Waals surface area contributed by atoms with E-state index >= 15 is 0 Å². The Morgan fingerprint density at radius 1 is 1.45 bits per heavy atom. The number of allylic oxidation sites excluding steroid dienone is 1. The molecule has 0 spiro atoms. The summed E-state index contributed by atoms with van der Waals surface area (Å²) in [6, 6.07) is 0. The number of piperidine rings is 1. The minimum absolute atomic E-state index is 0.149. The predicted octanol–water partition coefficient (Wildman–Crippen LogP) is 1.81. The van der Waals surface area contributed by atoms with Gasteiger partial charge in [0.2, 0.25) is 0 Å². The molecule has 0 aliphatic carbocycles. The lowest BCUT2D eigenvalue weighted by atomic mass is 9.95. The van der Waals surface area contributed by atoms with E-state index in [-0.39, 0.29) is 12.0 Å². The van der Waals surface area contributed by atoms with Gasteiger partial charge in [0.15, 0.2) is 14.0 Å². The summed E-state index contributed by atoms with van der Waals surface area (Å²) in [6.45, 7) is 2.76. The molecule has 0 amide bonds. The fourth-order valence-electron chi connectivity index (χ4n) is 3.15. The molecule has 0 unspecified atom stereocenters.